The average molecular weight is 229 g/mol. The van der Waals surface area contributed by atoms with Gasteiger partial charge in [0.1, 0.15) is 0 Å². The van der Waals surface area contributed by atoms with Crippen molar-refractivity contribution in [2.45, 2.75) is 51.4 Å². The lowest BCUT2D eigenvalue weighted by Crippen LogP contribution is -1.90. The molecule has 0 unspecified atom stereocenters. The van der Waals surface area contributed by atoms with Gasteiger partial charge < -0.3 is 4.98 Å². The van der Waals surface area contributed by atoms with E-state index in [1.807, 2.05) is 0 Å². The first kappa shape index (κ1) is 10.9. The number of H-pyrrole nitrogens is 1. The zero-order valence-corrected chi connectivity index (χ0v) is 10.8. The van der Waals surface area contributed by atoms with E-state index in [2.05, 4.69) is 43.2 Å². The monoisotopic (exact) mass is 229 g/mol. The minimum absolute atomic E-state index is 0. The second-order valence-corrected chi connectivity index (χ2v) is 5.69. The second-order valence-electron chi connectivity index (χ2n) is 5.69. The van der Waals surface area contributed by atoms with E-state index in [0.29, 0.717) is 5.92 Å². The third kappa shape index (κ3) is 1.88. The summed E-state index contributed by atoms with van der Waals surface area (Å²) in [6.45, 7) is 4.50. The summed E-state index contributed by atoms with van der Waals surface area (Å²) >= 11 is 0. The Labute approximate surface area is 105 Å². The van der Waals surface area contributed by atoms with Gasteiger partial charge >= 0.3 is 0 Å². The molecule has 0 amide bonds. The standard InChI is InChI=1S/C16H21N.H2/c1-11(2)13-7-8-14-15(10-17-16(14)9-13)12-5-3-4-6-12;/h7-12,17H,3-6H2,1-2H3;1H. The molecule has 17 heavy (non-hydrogen) atoms. The Morgan fingerprint density at radius 2 is 2.00 bits per heavy atom. The van der Waals surface area contributed by atoms with Crippen LogP contribution in [0.5, 0.6) is 0 Å². The van der Waals surface area contributed by atoms with Gasteiger partial charge in [0.2, 0.25) is 0 Å². The first-order chi connectivity index (χ1) is 8.25. The third-order valence-corrected chi connectivity index (χ3v) is 4.20. The fourth-order valence-corrected chi connectivity index (χ4v) is 3.10. The largest absolute Gasteiger partial charge is 0.361 e. The van der Waals surface area contributed by atoms with Crippen molar-refractivity contribution < 1.29 is 1.43 Å². The Bertz CT molecular complexity index is 521. The van der Waals surface area contributed by atoms with Crippen molar-refractivity contribution in [2.24, 2.45) is 0 Å². The Balaban J connectivity index is 0.00000120. The van der Waals surface area contributed by atoms with Gasteiger partial charge in [-0.3, -0.25) is 0 Å². The molecule has 1 N–H and O–H groups in total. The lowest BCUT2D eigenvalue weighted by Gasteiger charge is -2.08. The number of nitrogens with one attached hydrogen (secondary N) is 1. The lowest BCUT2D eigenvalue weighted by molar-refractivity contribution is 0.729. The van der Waals surface area contributed by atoms with Crippen molar-refractivity contribution in [3.63, 3.8) is 0 Å². The molecule has 1 heteroatoms. The minimum atomic E-state index is 0. The van der Waals surface area contributed by atoms with Gasteiger partial charge in [-0.05, 0) is 41.9 Å². The summed E-state index contributed by atoms with van der Waals surface area (Å²) in [5.74, 6) is 1.41. The second kappa shape index (κ2) is 4.21. The van der Waals surface area contributed by atoms with Crippen LogP contribution in [-0.2, 0) is 0 Å². The van der Waals surface area contributed by atoms with Crippen molar-refractivity contribution in [3.05, 3.63) is 35.5 Å². The molecule has 0 radical (unpaired) electrons. The molecule has 1 aliphatic rings. The van der Waals surface area contributed by atoms with E-state index in [0.717, 1.165) is 5.92 Å². The molecule has 1 saturated carbocycles. The van der Waals surface area contributed by atoms with E-state index in [-0.39, 0.29) is 1.43 Å². The normalized spacial score (nSPS) is 17.4. The fourth-order valence-electron chi connectivity index (χ4n) is 3.10. The molecule has 0 bridgehead atoms. The minimum Gasteiger partial charge on any atom is -0.361 e. The van der Waals surface area contributed by atoms with Crippen LogP contribution in [0, 0.1) is 0 Å². The number of aromatic amines is 1. The highest BCUT2D eigenvalue weighted by molar-refractivity contribution is 5.84. The van der Waals surface area contributed by atoms with Crippen LogP contribution in [0.2, 0.25) is 0 Å². The summed E-state index contributed by atoms with van der Waals surface area (Å²) < 4.78 is 0. The van der Waals surface area contributed by atoms with Crippen LogP contribution < -0.4 is 0 Å². The molecule has 0 atom stereocenters. The molecular weight excluding hydrogens is 206 g/mol. The molecule has 1 fully saturated rings. The molecule has 1 aromatic carbocycles. The number of hydrogen-bond acceptors (Lipinski definition) is 0. The summed E-state index contributed by atoms with van der Waals surface area (Å²) in [5.41, 5.74) is 4.29. The van der Waals surface area contributed by atoms with Crippen LogP contribution in [0.1, 0.15) is 63.9 Å². The van der Waals surface area contributed by atoms with Crippen LogP contribution >= 0.6 is 0 Å². The smallest absolute Gasteiger partial charge is 0.0459 e. The predicted octanol–water partition coefficient (Wildman–Crippen LogP) is 5.19. The lowest BCUT2D eigenvalue weighted by atomic mass is 9.95. The molecule has 1 aliphatic carbocycles. The summed E-state index contributed by atoms with van der Waals surface area (Å²) in [6, 6.07) is 6.92. The van der Waals surface area contributed by atoms with E-state index in [1.54, 1.807) is 5.56 Å². The third-order valence-electron chi connectivity index (χ3n) is 4.20. The molecule has 0 aliphatic heterocycles. The molecular formula is C16H23N. The molecule has 2 aromatic rings. The maximum Gasteiger partial charge on any atom is 0.0459 e. The zero-order chi connectivity index (χ0) is 11.8. The maximum atomic E-state index is 3.46. The van der Waals surface area contributed by atoms with Gasteiger partial charge in [-0.1, -0.05) is 38.8 Å². The Kier molecular flexibility index (Phi) is 2.70. The number of fused-ring (bicyclic) bond motifs is 1. The zero-order valence-electron chi connectivity index (χ0n) is 10.8. The van der Waals surface area contributed by atoms with Crippen LogP contribution in [0.15, 0.2) is 24.4 Å². The van der Waals surface area contributed by atoms with E-state index in [9.17, 15) is 0 Å². The summed E-state index contributed by atoms with van der Waals surface area (Å²) in [6.07, 6.45) is 7.80. The van der Waals surface area contributed by atoms with Crippen LogP contribution in [0.3, 0.4) is 0 Å². The fraction of sp³-hybridized carbons (Fsp3) is 0.500. The van der Waals surface area contributed by atoms with Crippen molar-refractivity contribution in [1.29, 1.82) is 0 Å². The molecule has 92 valence electrons. The number of aromatic nitrogens is 1. The Hall–Kier alpha value is -1.24. The molecule has 0 saturated heterocycles. The highest BCUT2D eigenvalue weighted by Crippen LogP contribution is 2.38. The van der Waals surface area contributed by atoms with Crippen molar-refractivity contribution >= 4 is 10.9 Å². The maximum absolute atomic E-state index is 3.46. The quantitative estimate of drug-likeness (QED) is 0.729. The van der Waals surface area contributed by atoms with Crippen molar-refractivity contribution in [1.82, 2.24) is 4.98 Å². The van der Waals surface area contributed by atoms with Crippen molar-refractivity contribution in [3.8, 4) is 0 Å². The van der Waals surface area contributed by atoms with Gasteiger partial charge in [0.05, 0.1) is 0 Å². The van der Waals surface area contributed by atoms with Crippen LogP contribution in [0.25, 0.3) is 10.9 Å². The predicted molar refractivity (Wildman–Crippen MR) is 75.7 cm³/mol. The SMILES string of the molecule is CC(C)c1ccc2c(C3CCCC3)c[nH]c2c1.[HH]. The van der Waals surface area contributed by atoms with Crippen LogP contribution in [-0.4, -0.2) is 4.98 Å². The van der Waals surface area contributed by atoms with E-state index in [1.165, 1.54) is 42.1 Å². The Morgan fingerprint density at radius 3 is 2.71 bits per heavy atom. The van der Waals surface area contributed by atoms with Gasteiger partial charge in [0.25, 0.3) is 0 Å². The van der Waals surface area contributed by atoms with Gasteiger partial charge in [-0.25, -0.2) is 0 Å². The van der Waals surface area contributed by atoms with E-state index < -0.39 is 0 Å². The van der Waals surface area contributed by atoms with Gasteiger partial charge in [-0.15, -0.1) is 0 Å². The topological polar surface area (TPSA) is 15.8 Å². The van der Waals surface area contributed by atoms with Gasteiger partial charge in [-0.2, -0.15) is 0 Å². The summed E-state index contributed by atoms with van der Waals surface area (Å²) in [4.78, 5) is 3.46. The molecule has 1 aromatic heterocycles. The molecule has 1 heterocycles. The molecule has 3 rings (SSSR count). The number of benzene rings is 1. The van der Waals surface area contributed by atoms with Crippen LogP contribution in [0.4, 0.5) is 0 Å². The average Bonchev–Trinajstić information content (AvgIpc) is 2.96. The number of rotatable bonds is 2. The van der Waals surface area contributed by atoms with Gasteiger partial charge in [0.15, 0.2) is 0 Å². The summed E-state index contributed by atoms with van der Waals surface area (Å²) in [7, 11) is 0. The highest BCUT2D eigenvalue weighted by atomic mass is 14.7. The van der Waals surface area contributed by atoms with E-state index >= 15 is 0 Å². The number of hydrogen-bond donors (Lipinski definition) is 1. The summed E-state index contributed by atoms with van der Waals surface area (Å²) in [5, 5.41) is 1.45. The first-order valence-corrected chi connectivity index (χ1v) is 6.86. The molecule has 1 nitrogen and oxygen atoms in total. The van der Waals surface area contributed by atoms with Crippen molar-refractivity contribution in [2.75, 3.05) is 0 Å². The first-order valence-electron chi connectivity index (χ1n) is 6.86. The van der Waals surface area contributed by atoms with E-state index in [4.69, 9.17) is 0 Å². The van der Waals surface area contributed by atoms with Gasteiger partial charge in [0, 0.05) is 18.5 Å². The molecule has 0 spiro atoms. The highest BCUT2D eigenvalue weighted by Gasteiger charge is 2.20. The Morgan fingerprint density at radius 1 is 1.24 bits per heavy atom.